The van der Waals surface area contributed by atoms with E-state index in [0.717, 1.165) is 24.5 Å². The van der Waals surface area contributed by atoms with Crippen molar-refractivity contribution < 1.29 is 9.15 Å². The molecule has 0 amide bonds. The van der Waals surface area contributed by atoms with Gasteiger partial charge in [-0.25, -0.2) is 4.98 Å². The van der Waals surface area contributed by atoms with Gasteiger partial charge < -0.3 is 14.5 Å². The molecule has 0 bridgehead atoms. The van der Waals surface area contributed by atoms with Crippen molar-refractivity contribution in [2.24, 2.45) is 5.92 Å². The van der Waals surface area contributed by atoms with Crippen molar-refractivity contribution in [3.8, 4) is 5.88 Å². The lowest BCUT2D eigenvalue weighted by Crippen LogP contribution is -2.19. The highest BCUT2D eigenvalue weighted by atomic mass is 16.5. The van der Waals surface area contributed by atoms with Gasteiger partial charge in [0.25, 0.3) is 0 Å². The molecule has 0 saturated heterocycles. The lowest BCUT2D eigenvalue weighted by atomic mass is 10.2. The van der Waals surface area contributed by atoms with Gasteiger partial charge in [-0.3, -0.25) is 4.98 Å². The van der Waals surface area contributed by atoms with Crippen LogP contribution in [-0.2, 0) is 13.2 Å². The molecule has 19 heavy (non-hydrogen) atoms. The van der Waals surface area contributed by atoms with E-state index in [0.29, 0.717) is 18.4 Å². The Bertz CT molecular complexity index is 466. The maximum atomic E-state index is 5.46. The molecule has 0 aliphatic heterocycles. The third kappa shape index (κ3) is 4.71. The van der Waals surface area contributed by atoms with Crippen molar-refractivity contribution in [1.29, 1.82) is 0 Å². The summed E-state index contributed by atoms with van der Waals surface area (Å²) in [5.41, 5.74) is 0.908. The van der Waals surface area contributed by atoms with Crippen LogP contribution in [-0.4, -0.2) is 16.5 Å². The van der Waals surface area contributed by atoms with Crippen LogP contribution in [0.4, 0.5) is 0 Å². The fourth-order valence-corrected chi connectivity index (χ4v) is 1.54. The standard InChI is InChI=1S/C14H19N3O2/c1-11(2)6-15-7-12-8-17-14(9-16-12)19-10-13-4-3-5-18-13/h3-5,8-9,11,15H,6-7,10H2,1-2H3. The first-order chi connectivity index (χ1) is 9.24. The Labute approximate surface area is 113 Å². The number of rotatable bonds is 7. The van der Waals surface area contributed by atoms with Crippen LogP contribution in [0.25, 0.3) is 0 Å². The Morgan fingerprint density at radius 1 is 1.32 bits per heavy atom. The maximum Gasteiger partial charge on any atom is 0.232 e. The molecule has 2 aromatic heterocycles. The largest absolute Gasteiger partial charge is 0.468 e. The van der Waals surface area contributed by atoms with Crippen LogP contribution in [0, 0.1) is 5.92 Å². The summed E-state index contributed by atoms with van der Waals surface area (Å²) in [6, 6.07) is 3.69. The van der Waals surface area contributed by atoms with E-state index >= 15 is 0 Å². The molecule has 0 unspecified atom stereocenters. The number of nitrogens with one attached hydrogen (secondary N) is 1. The fourth-order valence-electron chi connectivity index (χ4n) is 1.54. The summed E-state index contributed by atoms with van der Waals surface area (Å²) in [5, 5.41) is 3.32. The molecule has 2 heterocycles. The maximum absolute atomic E-state index is 5.46. The lowest BCUT2D eigenvalue weighted by Gasteiger charge is -2.07. The third-order valence-corrected chi connectivity index (χ3v) is 2.48. The molecule has 2 aromatic rings. The highest BCUT2D eigenvalue weighted by molar-refractivity contribution is 5.08. The molecular weight excluding hydrogens is 242 g/mol. The van der Waals surface area contributed by atoms with Crippen LogP contribution >= 0.6 is 0 Å². The Balaban J connectivity index is 1.77. The number of aromatic nitrogens is 2. The van der Waals surface area contributed by atoms with Gasteiger partial charge in [-0.15, -0.1) is 0 Å². The van der Waals surface area contributed by atoms with E-state index in [1.165, 1.54) is 0 Å². The molecule has 5 nitrogen and oxygen atoms in total. The van der Waals surface area contributed by atoms with Crippen LogP contribution in [0.1, 0.15) is 25.3 Å². The predicted octanol–water partition coefficient (Wildman–Crippen LogP) is 2.39. The highest BCUT2D eigenvalue weighted by Gasteiger charge is 2.01. The van der Waals surface area contributed by atoms with E-state index in [1.54, 1.807) is 18.7 Å². The smallest absolute Gasteiger partial charge is 0.232 e. The molecule has 1 N–H and O–H groups in total. The fraction of sp³-hybridized carbons (Fsp3) is 0.429. The number of nitrogens with zero attached hydrogens (tertiary/aromatic N) is 2. The zero-order valence-electron chi connectivity index (χ0n) is 11.3. The average molecular weight is 261 g/mol. The van der Waals surface area contributed by atoms with Crippen LogP contribution in [0.15, 0.2) is 35.2 Å². The summed E-state index contributed by atoms with van der Waals surface area (Å²) in [4.78, 5) is 8.50. The van der Waals surface area contributed by atoms with Gasteiger partial charge in [-0.2, -0.15) is 0 Å². The molecule has 0 aromatic carbocycles. The molecule has 0 spiro atoms. The van der Waals surface area contributed by atoms with Gasteiger partial charge in [-0.1, -0.05) is 13.8 Å². The second kappa shape index (κ2) is 6.89. The lowest BCUT2D eigenvalue weighted by molar-refractivity contribution is 0.259. The second-order valence-electron chi connectivity index (χ2n) is 4.74. The molecule has 5 heteroatoms. The van der Waals surface area contributed by atoms with E-state index in [9.17, 15) is 0 Å². The second-order valence-corrected chi connectivity index (χ2v) is 4.74. The van der Waals surface area contributed by atoms with E-state index in [1.807, 2.05) is 12.1 Å². The molecule has 0 fully saturated rings. The summed E-state index contributed by atoms with van der Waals surface area (Å²) in [6.45, 7) is 6.41. The normalized spacial score (nSPS) is 10.9. The van der Waals surface area contributed by atoms with E-state index < -0.39 is 0 Å². The molecule has 0 aliphatic rings. The van der Waals surface area contributed by atoms with Crippen molar-refractivity contribution in [2.75, 3.05) is 6.54 Å². The topological polar surface area (TPSA) is 60.2 Å². The third-order valence-electron chi connectivity index (χ3n) is 2.48. The summed E-state index contributed by atoms with van der Waals surface area (Å²) in [7, 11) is 0. The van der Waals surface area contributed by atoms with Crippen LogP contribution in [0.2, 0.25) is 0 Å². The van der Waals surface area contributed by atoms with Gasteiger partial charge in [0.1, 0.15) is 12.4 Å². The van der Waals surface area contributed by atoms with Crippen molar-refractivity contribution in [1.82, 2.24) is 15.3 Å². The van der Waals surface area contributed by atoms with E-state index in [-0.39, 0.29) is 0 Å². The number of hydrogen-bond acceptors (Lipinski definition) is 5. The zero-order chi connectivity index (χ0) is 13.5. The number of furan rings is 1. The molecule has 0 atom stereocenters. The monoisotopic (exact) mass is 261 g/mol. The minimum atomic E-state index is 0.368. The first-order valence-corrected chi connectivity index (χ1v) is 6.41. The van der Waals surface area contributed by atoms with Gasteiger partial charge in [0.05, 0.1) is 24.4 Å². The molecule has 0 aliphatic carbocycles. The van der Waals surface area contributed by atoms with Gasteiger partial charge in [0.2, 0.25) is 5.88 Å². The van der Waals surface area contributed by atoms with Crippen LogP contribution in [0.5, 0.6) is 5.88 Å². The first kappa shape index (κ1) is 13.5. The predicted molar refractivity (Wildman–Crippen MR) is 71.6 cm³/mol. The van der Waals surface area contributed by atoms with Crippen molar-refractivity contribution >= 4 is 0 Å². The summed E-state index contributed by atoms with van der Waals surface area (Å²) < 4.78 is 10.6. The molecular formula is C14H19N3O2. The number of hydrogen-bond donors (Lipinski definition) is 1. The Kier molecular flexibility index (Phi) is 4.92. The highest BCUT2D eigenvalue weighted by Crippen LogP contribution is 2.08. The molecule has 0 saturated carbocycles. The molecule has 2 rings (SSSR count). The van der Waals surface area contributed by atoms with Crippen molar-refractivity contribution in [2.45, 2.75) is 27.0 Å². The Morgan fingerprint density at radius 3 is 2.84 bits per heavy atom. The SMILES string of the molecule is CC(C)CNCc1cnc(OCc2ccco2)cn1. The first-order valence-electron chi connectivity index (χ1n) is 6.41. The summed E-state index contributed by atoms with van der Waals surface area (Å²) in [6.07, 6.45) is 4.98. The molecule has 102 valence electrons. The van der Waals surface area contributed by atoms with Crippen molar-refractivity contribution in [3.63, 3.8) is 0 Å². The quantitative estimate of drug-likeness (QED) is 0.829. The van der Waals surface area contributed by atoms with Gasteiger partial charge in [0, 0.05) is 6.54 Å². The van der Waals surface area contributed by atoms with Crippen LogP contribution in [0.3, 0.4) is 0 Å². The van der Waals surface area contributed by atoms with Gasteiger partial charge >= 0.3 is 0 Å². The Morgan fingerprint density at radius 2 is 2.21 bits per heavy atom. The van der Waals surface area contributed by atoms with E-state index in [2.05, 4.69) is 29.1 Å². The molecule has 0 radical (unpaired) electrons. The van der Waals surface area contributed by atoms with Crippen LogP contribution < -0.4 is 10.1 Å². The average Bonchev–Trinajstić information content (AvgIpc) is 2.90. The van der Waals surface area contributed by atoms with Gasteiger partial charge in [-0.05, 0) is 24.6 Å². The Hall–Kier alpha value is -1.88. The van der Waals surface area contributed by atoms with Gasteiger partial charge in [0.15, 0.2) is 0 Å². The van der Waals surface area contributed by atoms with Crippen molar-refractivity contribution in [3.05, 3.63) is 42.2 Å². The zero-order valence-corrected chi connectivity index (χ0v) is 11.3. The minimum Gasteiger partial charge on any atom is -0.468 e. The van der Waals surface area contributed by atoms with E-state index in [4.69, 9.17) is 9.15 Å². The summed E-state index contributed by atoms with van der Waals surface area (Å²) >= 11 is 0. The minimum absolute atomic E-state index is 0.368. The summed E-state index contributed by atoms with van der Waals surface area (Å²) in [5.74, 6) is 1.90. The number of ether oxygens (including phenoxy) is 1.